The van der Waals surface area contributed by atoms with Crippen LogP contribution in [0.1, 0.15) is 15.9 Å². The highest BCUT2D eigenvalue weighted by atomic mass is 35.5. The summed E-state index contributed by atoms with van der Waals surface area (Å²) in [5.74, 6) is -0.915. The van der Waals surface area contributed by atoms with Gasteiger partial charge in [0.15, 0.2) is 6.61 Å². The first-order chi connectivity index (χ1) is 14.9. The molecule has 3 rings (SSSR count). The minimum Gasteiger partial charge on any atom is -0.483 e. The molecule has 0 radical (unpaired) electrons. The zero-order chi connectivity index (χ0) is 22.2. The Kier molecular flexibility index (Phi) is 7.59. The summed E-state index contributed by atoms with van der Waals surface area (Å²) < 4.78 is 18.5. The van der Waals surface area contributed by atoms with Crippen LogP contribution in [0, 0.1) is 5.82 Å². The number of carbonyl (C=O) groups excluding carboxylic acids is 2. The normalized spacial score (nSPS) is 10.7. The van der Waals surface area contributed by atoms with Crippen molar-refractivity contribution in [2.75, 3.05) is 11.9 Å². The molecule has 3 aromatic rings. The molecule has 3 aromatic carbocycles. The Morgan fingerprint density at radius 1 is 0.968 bits per heavy atom. The van der Waals surface area contributed by atoms with Crippen molar-refractivity contribution in [2.45, 2.75) is 0 Å². The molecule has 0 aliphatic rings. The first-order valence-corrected chi connectivity index (χ1v) is 9.73. The van der Waals surface area contributed by atoms with Crippen LogP contribution in [0.3, 0.4) is 0 Å². The van der Waals surface area contributed by atoms with Gasteiger partial charge >= 0.3 is 0 Å². The van der Waals surface area contributed by atoms with Crippen LogP contribution in [0.5, 0.6) is 5.75 Å². The van der Waals surface area contributed by atoms with Crippen LogP contribution in [-0.4, -0.2) is 24.6 Å². The number of rotatable bonds is 7. The van der Waals surface area contributed by atoms with E-state index in [4.69, 9.17) is 27.9 Å². The number of hydrogen-bond acceptors (Lipinski definition) is 4. The summed E-state index contributed by atoms with van der Waals surface area (Å²) in [5, 5.41) is 7.45. The van der Waals surface area contributed by atoms with E-state index in [1.54, 1.807) is 42.5 Å². The standard InChI is InChI=1S/C22H16Cl2FN3O3/c23-16-3-1-14(2-4-16)22(30)28-26-12-15-11-17(24)5-10-20(15)31-13-21(29)27-19-8-6-18(25)7-9-19/h1-12H,13H2,(H,27,29)(H,28,30). The van der Waals surface area contributed by atoms with Crippen LogP contribution in [0.4, 0.5) is 10.1 Å². The number of halogens is 3. The highest BCUT2D eigenvalue weighted by molar-refractivity contribution is 6.31. The lowest BCUT2D eigenvalue weighted by Gasteiger charge is -2.10. The van der Waals surface area contributed by atoms with E-state index in [2.05, 4.69) is 15.8 Å². The number of benzene rings is 3. The fourth-order valence-corrected chi connectivity index (χ4v) is 2.76. The Hall–Kier alpha value is -3.42. The first-order valence-electron chi connectivity index (χ1n) is 8.97. The Morgan fingerprint density at radius 3 is 2.35 bits per heavy atom. The smallest absolute Gasteiger partial charge is 0.271 e. The quantitative estimate of drug-likeness (QED) is 0.388. The van der Waals surface area contributed by atoms with Gasteiger partial charge in [-0.2, -0.15) is 5.10 Å². The molecule has 2 N–H and O–H groups in total. The van der Waals surface area contributed by atoms with Crippen molar-refractivity contribution in [3.63, 3.8) is 0 Å². The molecule has 0 saturated carbocycles. The molecule has 0 aliphatic carbocycles. The molecule has 0 spiro atoms. The maximum absolute atomic E-state index is 12.9. The van der Waals surface area contributed by atoms with Crippen LogP contribution >= 0.6 is 23.2 Å². The summed E-state index contributed by atoms with van der Waals surface area (Å²) in [4.78, 5) is 24.2. The maximum Gasteiger partial charge on any atom is 0.271 e. The summed E-state index contributed by atoms with van der Waals surface area (Å²) in [7, 11) is 0. The van der Waals surface area contributed by atoms with Gasteiger partial charge in [-0.25, -0.2) is 9.82 Å². The molecule has 0 aromatic heterocycles. The minimum atomic E-state index is -0.430. The molecule has 0 bridgehead atoms. The summed E-state index contributed by atoms with van der Waals surface area (Å²) in [6.07, 6.45) is 1.35. The second-order valence-corrected chi connectivity index (χ2v) is 7.10. The maximum atomic E-state index is 12.9. The third kappa shape index (κ3) is 6.80. The van der Waals surface area contributed by atoms with Gasteiger partial charge in [0.1, 0.15) is 11.6 Å². The fraction of sp³-hybridized carbons (Fsp3) is 0.0455. The summed E-state index contributed by atoms with van der Waals surface area (Å²) in [6.45, 7) is -0.295. The zero-order valence-electron chi connectivity index (χ0n) is 15.9. The van der Waals surface area contributed by atoms with Crippen molar-refractivity contribution in [1.29, 1.82) is 0 Å². The van der Waals surface area contributed by atoms with E-state index in [0.29, 0.717) is 32.6 Å². The average molecular weight is 460 g/mol. The minimum absolute atomic E-state index is 0.295. The van der Waals surface area contributed by atoms with Crippen molar-refractivity contribution >= 4 is 46.9 Å². The van der Waals surface area contributed by atoms with E-state index in [1.807, 2.05) is 0 Å². The SMILES string of the molecule is O=C(COc1ccc(Cl)cc1C=NNC(=O)c1ccc(Cl)cc1)Nc1ccc(F)cc1. The van der Waals surface area contributed by atoms with Crippen molar-refractivity contribution in [3.05, 3.63) is 93.7 Å². The third-order valence-electron chi connectivity index (χ3n) is 3.93. The van der Waals surface area contributed by atoms with E-state index < -0.39 is 17.6 Å². The third-order valence-corrected chi connectivity index (χ3v) is 4.42. The molecule has 158 valence electrons. The molecule has 0 fully saturated rings. The summed E-state index contributed by atoms with van der Waals surface area (Å²) in [6, 6.07) is 16.4. The number of anilines is 1. The lowest BCUT2D eigenvalue weighted by atomic mass is 10.2. The van der Waals surface area contributed by atoms with Crippen LogP contribution in [0.2, 0.25) is 10.0 Å². The Balaban J connectivity index is 1.61. The number of amides is 2. The molecule has 0 saturated heterocycles. The van der Waals surface area contributed by atoms with Gasteiger partial charge in [-0.15, -0.1) is 0 Å². The molecule has 6 nitrogen and oxygen atoms in total. The van der Waals surface area contributed by atoms with E-state index >= 15 is 0 Å². The van der Waals surface area contributed by atoms with Gasteiger partial charge in [-0.3, -0.25) is 9.59 Å². The molecular formula is C22H16Cl2FN3O3. The van der Waals surface area contributed by atoms with E-state index in [1.165, 1.54) is 30.5 Å². The molecule has 9 heteroatoms. The van der Waals surface area contributed by atoms with E-state index in [0.717, 1.165) is 0 Å². The van der Waals surface area contributed by atoms with E-state index in [9.17, 15) is 14.0 Å². The highest BCUT2D eigenvalue weighted by Crippen LogP contribution is 2.21. The highest BCUT2D eigenvalue weighted by Gasteiger charge is 2.08. The second kappa shape index (κ2) is 10.6. The molecular weight excluding hydrogens is 444 g/mol. The number of ether oxygens (including phenoxy) is 1. The van der Waals surface area contributed by atoms with Crippen molar-refractivity contribution in [2.24, 2.45) is 5.10 Å². The topological polar surface area (TPSA) is 79.8 Å². The predicted molar refractivity (Wildman–Crippen MR) is 118 cm³/mol. The Labute approximate surface area is 187 Å². The molecule has 0 heterocycles. The fourth-order valence-electron chi connectivity index (χ4n) is 2.45. The van der Waals surface area contributed by atoms with Gasteiger partial charge in [-0.1, -0.05) is 23.2 Å². The number of carbonyl (C=O) groups is 2. The van der Waals surface area contributed by atoms with Gasteiger partial charge in [0.25, 0.3) is 11.8 Å². The Morgan fingerprint density at radius 2 is 1.65 bits per heavy atom. The van der Waals surface area contributed by atoms with Gasteiger partial charge in [0.2, 0.25) is 0 Å². The lowest BCUT2D eigenvalue weighted by molar-refractivity contribution is -0.118. The molecule has 0 atom stereocenters. The van der Waals surface area contributed by atoms with Crippen molar-refractivity contribution in [1.82, 2.24) is 5.43 Å². The molecule has 31 heavy (non-hydrogen) atoms. The van der Waals surface area contributed by atoms with Crippen LogP contribution in [0.15, 0.2) is 71.8 Å². The molecule has 0 unspecified atom stereocenters. The number of nitrogens with zero attached hydrogens (tertiary/aromatic N) is 1. The van der Waals surface area contributed by atoms with Crippen LogP contribution < -0.4 is 15.5 Å². The first kappa shape index (κ1) is 22.3. The van der Waals surface area contributed by atoms with Gasteiger partial charge < -0.3 is 10.1 Å². The van der Waals surface area contributed by atoms with Crippen molar-refractivity contribution in [3.8, 4) is 5.75 Å². The van der Waals surface area contributed by atoms with Crippen molar-refractivity contribution < 1.29 is 18.7 Å². The lowest BCUT2D eigenvalue weighted by Crippen LogP contribution is -2.20. The second-order valence-electron chi connectivity index (χ2n) is 6.23. The predicted octanol–water partition coefficient (Wildman–Crippen LogP) is 4.91. The number of nitrogens with one attached hydrogen (secondary N) is 2. The Bertz CT molecular complexity index is 1100. The monoisotopic (exact) mass is 459 g/mol. The van der Waals surface area contributed by atoms with Crippen LogP contribution in [0.25, 0.3) is 0 Å². The zero-order valence-corrected chi connectivity index (χ0v) is 17.5. The van der Waals surface area contributed by atoms with E-state index in [-0.39, 0.29) is 6.61 Å². The van der Waals surface area contributed by atoms with Crippen LogP contribution in [-0.2, 0) is 4.79 Å². The largest absolute Gasteiger partial charge is 0.483 e. The molecule has 0 aliphatic heterocycles. The van der Waals surface area contributed by atoms with Gasteiger partial charge in [0, 0.05) is 26.9 Å². The average Bonchev–Trinajstić information content (AvgIpc) is 2.75. The summed E-state index contributed by atoms with van der Waals surface area (Å²) in [5.41, 5.74) is 3.68. The summed E-state index contributed by atoms with van der Waals surface area (Å²) >= 11 is 11.8. The number of hydrogen-bond donors (Lipinski definition) is 2. The molecule has 2 amide bonds. The number of hydrazone groups is 1. The van der Waals surface area contributed by atoms with Gasteiger partial charge in [0.05, 0.1) is 6.21 Å². The van der Waals surface area contributed by atoms with Gasteiger partial charge in [-0.05, 0) is 66.7 Å².